The second-order valence-corrected chi connectivity index (χ2v) is 10.2. The first-order valence-corrected chi connectivity index (χ1v) is 13.4. The Hall–Kier alpha value is -3.58. The summed E-state index contributed by atoms with van der Waals surface area (Å²) in [4.78, 5) is 34.1. The third kappa shape index (κ3) is 7.70. The summed E-state index contributed by atoms with van der Waals surface area (Å²) in [6.07, 6.45) is 3.36. The first-order valence-electron chi connectivity index (χ1n) is 11.1. The lowest BCUT2D eigenvalue weighted by molar-refractivity contribution is 0.0333. The number of aromatic nitrogens is 2. The van der Waals surface area contributed by atoms with Gasteiger partial charge in [0.05, 0.1) is 21.2 Å². The van der Waals surface area contributed by atoms with E-state index in [1.54, 1.807) is 19.1 Å². The molecule has 4 N–H and O–H groups in total. The highest BCUT2D eigenvalue weighted by molar-refractivity contribution is 7.90. The zero-order valence-corrected chi connectivity index (χ0v) is 21.7. The van der Waals surface area contributed by atoms with Crippen LogP contribution in [-0.2, 0) is 14.6 Å². The Balaban J connectivity index is 1.87. The van der Waals surface area contributed by atoms with Gasteiger partial charge in [-0.3, -0.25) is 9.59 Å². The van der Waals surface area contributed by atoms with Gasteiger partial charge in [0.2, 0.25) is 0 Å². The van der Waals surface area contributed by atoms with E-state index in [0.29, 0.717) is 11.6 Å². The van der Waals surface area contributed by atoms with Gasteiger partial charge in [0.25, 0.3) is 11.8 Å². The van der Waals surface area contributed by atoms with E-state index in [-0.39, 0.29) is 46.6 Å². The molecule has 0 aliphatic carbocycles. The number of ether oxygens (including phenoxy) is 2. The molecule has 0 bridgehead atoms. The van der Waals surface area contributed by atoms with E-state index >= 15 is 0 Å². The number of amides is 2. The number of carbonyl (C=O) groups is 2. The minimum absolute atomic E-state index is 0.00746. The summed E-state index contributed by atoms with van der Waals surface area (Å²) >= 11 is 5.83. The van der Waals surface area contributed by atoms with Gasteiger partial charge in [-0.25, -0.2) is 18.4 Å². The summed E-state index contributed by atoms with van der Waals surface area (Å²) in [5.41, 5.74) is 5.78. The van der Waals surface area contributed by atoms with Crippen LogP contribution in [0.4, 0.5) is 11.5 Å². The number of anilines is 2. The molecule has 0 fully saturated rings. The molecule has 3 rings (SSSR count). The molecule has 0 aliphatic heterocycles. The van der Waals surface area contributed by atoms with Gasteiger partial charge in [-0.2, -0.15) is 0 Å². The zero-order chi connectivity index (χ0) is 27.0. The molecular formula is C24H26ClN5O6S. The Labute approximate surface area is 219 Å². The van der Waals surface area contributed by atoms with Crippen LogP contribution in [0.2, 0.25) is 5.02 Å². The van der Waals surface area contributed by atoms with Crippen LogP contribution < -0.4 is 21.1 Å². The van der Waals surface area contributed by atoms with E-state index in [4.69, 9.17) is 26.8 Å². The molecule has 1 atom stereocenters. The van der Waals surface area contributed by atoms with Crippen molar-refractivity contribution < 1.29 is 27.5 Å². The molecular weight excluding hydrogens is 522 g/mol. The van der Waals surface area contributed by atoms with Crippen molar-refractivity contribution in [3.05, 3.63) is 71.1 Å². The summed E-state index contributed by atoms with van der Waals surface area (Å²) < 4.78 is 35.4. The first kappa shape index (κ1) is 28.0. The Kier molecular flexibility index (Phi) is 9.53. The van der Waals surface area contributed by atoms with Gasteiger partial charge in [0, 0.05) is 31.8 Å². The molecule has 3 aromatic rings. The molecule has 11 nitrogen and oxygen atoms in total. The fraction of sp³-hybridized carbons (Fsp3) is 0.250. The number of nitrogens with two attached hydrogens (primary N) is 1. The molecule has 0 saturated carbocycles. The highest BCUT2D eigenvalue weighted by Gasteiger charge is 2.21. The lowest BCUT2D eigenvalue weighted by Gasteiger charge is -2.18. The van der Waals surface area contributed by atoms with Crippen molar-refractivity contribution in [3.63, 3.8) is 0 Å². The predicted octanol–water partition coefficient (Wildman–Crippen LogP) is 2.78. The van der Waals surface area contributed by atoms with E-state index in [9.17, 15) is 18.0 Å². The highest BCUT2D eigenvalue weighted by Crippen LogP contribution is 2.26. The molecule has 2 amide bonds. The second kappa shape index (κ2) is 12.6. The number of nitrogens with one attached hydrogen (secondary N) is 2. The van der Waals surface area contributed by atoms with Crippen LogP contribution in [0, 0.1) is 0 Å². The average Bonchev–Trinajstić information content (AvgIpc) is 2.87. The molecule has 1 unspecified atom stereocenters. The molecule has 1 aromatic carbocycles. The van der Waals surface area contributed by atoms with Crippen LogP contribution in [-0.4, -0.2) is 62.3 Å². The SMILES string of the molecule is CCOC(CN)COc1cc(S(C)(=O)=O)ccc1C(=O)Nc1cccnc1C(=O)Nc1ccc(Cl)cn1. The maximum atomic E-state index is 13.2. The van der Waals surface area contributed by atoms with Gasteiger partial charge in [-0.15, -0.1) is 0 Å². The highest BCUT2D eigenvalue weighted by atomic mass is 35.5. The van der Waals surface area contributed by atoms with Crippen LogP contribution in [0.3, 0.4) is 0 Å². The standard InChI is InChI=1S/C24H26ClN5O6S/c1-3-35-16(12-26)14-36-20-11-17(37(2,33)34)7-8-18(20)23(31)29-19-5-4-10-27-22(19)24(32)30-21-9-6-15(25)13-28-21/h4-11,13,16H,3,12,14,26H2,1-2H3,(H,29,31)(H,28,30,32). The number of rotatable bonds is 11. The quantitative estimate of drug-likeness (QED) is 0.327. The molecule has 0 spiro atoms. The van der Waals surface area contributed by atoms with E-state index in [1.807, 2.05) is 0 Å². The van der Waals surface area contributed by atoms with Gasteiger partial charge in [-0.05, 0) is 49.4 Å². The van der Waals surface area contributed by atoms with Gasteiger partial charge in [-0.1, -0.05) is 11.6 Å². The molecule has 13 heteroatoms. The maximum Gasteiger partial charge on any atom is 0.277 e. The number of pyridine rings is 2. The van der Waals surface area contributed by atoms with E-state index in [2.05, 4.69) is 20.6 Å². The van der Waals surface area contributed by atoms with Gasteiger partial charge < -0.3 is 25.8 Å². The molecule has 37 heavy (non-hydrogen) atoms. The summed E-state index contributed by atoms with van der Waals surface area (Å²) in [7, 11) is -3.58. The molecule has 196 valence electrons. The van der Waals surface area contributed by atoms with Crippen molar-refractivity contribution in [2.24, 2.45) is 5.73 Å². The van der Waals surface area contributed by atoms with Crippen molar-refractivity contribution >= 4 is 44.8 Å². The average molecular weight is 548 g/mol. The van der Waals surface area contributed by atoms with Gasteiger partial charge >= 0.3 is 0 Å². The van der Waals surface area contributed by atoms with Crippen LogP contribution in [0.1, 0.15) is 27.8 Å². The van der Waals surface area contributed by atoms with Crippen LogP contribution >= 0.6 is 11.6 Å². The zero-order valence-electron chi connectivity index (χ0n) is 20.1. The summed E-state index contributed by atoms with van der Waals surface area (Å²) in [6, 6.07) is 10.0. The third-order valence-corrected chi connectivity index (χ3v) is 6.29. The minimum Gasteiger partial charge on any atom is -0.490 e. The van der Waals surface area contributed by atoms with Crippen molar-refractivity contribution in [1.29, 1.82) is 0 Å². The van der Waals surface area contributed by atoms with E-state index < -0.39 is 27.8 Å². The van der Waals surface area contributed by atoms with Crippen molar-refractivity contribution in [2.45, 2.75) is 17.9 Å². The van der Waals surface area contributed by atoms with Crippen molar-refractivity contribution in [1.82, 2.24) is 9.97 Å². The Morgan fingerprint density at radius 1 is 1.11 bits per heavy atom. The third-order valence-electron chi connectivity index (χ3n) is 4.96. The summed E-state index contributed by atoms with van der Waals surface area (Å²) in [5.74, 6) is -1.01. The van der Waals surface area contributed by atoms with Gasteiger partial charge in [0.1, 0.15) is 24.3 Å². The van der Waals surface area contributed by atoms with Crippen molar-refractivity contribution in [2.75, 3.05) is 36.6 Å². The Morgan fingerprint density at radius 3 is 2.54 bits per heavy atom. The Bertz CT molecular complexity index is 1370. The largest absolute Gasteiger partial charge is 0.490 e. The van der Waals surface area contributed by atoms with Crippen molar-refractivity contribution in [3.8, 4) is 5.75 Å². The van der Waals surface area contributed by atoms with Crippen LogP contribution in [0.5, 0.6) is 5.75 Å². The lowest BCUT2D eigenvalue weighted by Crippen LogP contribution is -2.30. The van der Waals surface area contributed by atoms with Crippen LogP contribution in [0.25, 0.3) is 0 Å². The topological polar surface area (TPSA) is 163 Å². The maximum absolute atomic E-state index is 13.2. The lowest BCUT2D eigenvalue weighted by atomic mass is 10.1. The molecule has 2 aromatic heterocycles. The summed E-state index contributed by atoms with van der Waals surface area (Å²) in [5, 5.41) is 5.63. The fourth-order valence-corrected chi connectivity index (χ4v) is 3.89. The number of hydrogen-bond acceptors (Lipinski definition) is 9. The number of benzene rings is 1. The smallest absolute Gasteiger partial charge is 0.277 e. The second-order valence-electron chi connectivity index (χ2n) is 7.72. The monoisotopic (exact) mass is 547 g/mol. The number of nitrogens with zero attached hydrogens (tertiary/aromatic N) is 2. The number of sulfone groups is 1. The number of carbonyl (C=O) groups excluding carboxylic acids is 2. The summed E-state index contributed by atoms with van der Waals surface area (Å²) in [6.45, 7) is 2.36. The fourth-order valence-electron chi connectivity index (χ4n) is 3.14. The first-order chi connectivity index (χ1) is 17.6. The normalized spacial score (nSPS) is 12.0. The number of halogens is 1. The number of hydrogen-bond donors (Lipinski definition) is 3. The van der Waals surface area contributed by atoms with E-state index in [0.717, 1.165) is 6.26 Å². The molecule has 0 aliphatic rings. The molecule has 0 saturated heterocycles. The molecule has 2 heterocycles. The van der Waals surface area contributed by atoms with Gasteiger partial charge in [0.15, 0.2) is 15.5 Å². The van der Waals surface area contributed by atoms with Crippen LogP contribution in [0.15, 0.2) is 59.8 Å². The predicted molar refractivity (Wildman–Crippen MR) is 139 cm³/mol. The Morgan fingerprint density at radius 2 is 1.89 bits per heavy atom. The molecule has 0 radical (unpaired) electrons. The van der Waals surface area contributed by atoms with E-state index in [1.165, 1.54) is 42.7 Å². The minimum atomic E-state index is -3.58.